The molecule has 0 aromatic rings. The lowest BCUT2D eigenvalue weighted by Gasteiger charge is -2.48. The molecule has 17 unspecified atom stereocenters. The first-order valence-electron chi connectivity index (χ1n) is 30.8. The lowest BCUT2D eigenvalue weighted by molar-refractivity contribution is -0.379. The average Bonchev–Trinajstić information content (AvgIpc) is 3.60. The number of rotatable bonds is 44. The summed E-state index contributed by atoms with van der Waals surface area (Å²) in [5.74, 6) is -0.288. The first-order valence-corrected chi connectivity index (χ1v) is 30.8. The number of unbranched alkanes of at least 4 members (excludes halogenated alkanes) is 16. The highest BCUT2D eigenvalue weighted by Crippen LogP contribution is 2.33. The number of carbonyl (C=O) groups excluding carboxylic acids is 1. The molecule has 19 nitrogen and oxygen atoms in total. The maximum atomic E-state index is 13.2. The summed E-state index contributed by atoms with van der Waals surface area (Å²) in [5.41, 5.74) is 0. The van der Waals surface area contributed by atoms with Gasteiger partial charge >= 0.3 is 0 Å². The van der Waals surface area contributed by atoms with Crippen LogP contribution < -0.4 is 5.32 Å². The monoisotopic (exact) mass is 1170 g/mol. The second kappa shape index (κ2) is 45.3. The Morgan fingerprint density at radius 3 is 1.32 bits per heavy atom. The number of carbonyl (C=O) groups is 1. The van der Waals surface area contributed by atoms with Gasteiger partial charge in [-0.3, -0.25) is 4.79 Å². The van der Waals surface area contributed by atoms with E-state index in [0.29, 0.717) is 6.42 Å². The highest BCUT2D eigenvalue weighted by molar-refractivity contribution is 5.76. The Morgan fingerprint density at radius 2 is 0.841 bits per heavy atom. The fourth-order valence-electron chi connectivity index (χ4n) is 9.90. The van der Waals surface area contributed by atoms with Crippen LogP contribution in [0.2, 0.25) is 0 Å². The molecule has 472 valence electrons. The van der Waals surface area contributed by atoms with Crippen molar-refractivity contribution in [2.24, 2.45) is 0 Å². The highest BCUT2D eigenvalue weighted by Gasteiger charge is 2.53. The topological polar surface area (TPSA) is 307 Å². The zero-order valence-corrected chi connectivity index (χ0v) is 49.2. The lowest BCUT2D eigenvalue weighted by Crippen LogP contribution is -2.66. The van der Waals surface area contributed by atoms with Crippen LogP contribution in [0.3, 0.4) is 0 Å². The molecule has 0 aromatic carbocycles. The van der Waals surface area contributed by atoms with E-state index in [9.17, 15) is 61.0 Å². The maximum Gasteiger partial charge on any atom is 0.220 e. The molecule has 1 amide bonds. The Hall–Kier alpha value is -3.03. The number of ether oxygens (including phenoxy) is 6. The molecule has 19 heteroatoms. The third kappa shape index (κ3) is 28.4. The van der Waals surface area contributed by atoms with Gasteiger partial charge in [0.25, 0.3) is 0 Å². The lowest BCUT2D eigenvalue weighted by atomic mass is 9.96. The van der Waals surface area contributed by atoms with E-state index in [2.05, 4.69) is 92.1 Å². The summed E-state index contributed by atoms with van der Waals surface area (Å²) in [6.45, 7) is 1.48. The van der Waals surface area contributed by atoms with Gasteiger partial charge in [-0.25, -0.2) is 0 Å². The molecule has 3 heterocycles. The summed E-state index contributed by atoms with van der Waals surface area (Å²) in [6, 6.07) is -0.975. The average molecular weight is 1170 g/mol. The number of nitrogens with one attached hydrogen (secondary N) is 1. The number of aliphatic hydroxyl groups is 11. The fraction of sp³-hybridized carbons (Fsp3) is 0.762. The Kier molecular flexibility index (Phi) is 40.5. The molecule has 3 aliphatic heterocycles. The summed E-state index contributed by atoms with van der Waals surface area (Å²) >= 11 is 0. The third-order valence-corrected chi connectivity index (χ3v) is 14.9. The van der Waals surface area contributed by atoms with Crippen LogP contribution in [-0.4, -0.2) is 193 Å². The summed E-state index contributed by atoms with van der Waals surface area (Å²) in [7, 11) is 0. The normalized spacial score (nSPS) is 30.2. The van der Waals surface area contributed by atoms with Gasteiger partial charge in [0.1, 0.15) is 73.2 Å². The third-order valence-electron chi connectivity index (χ3n) is 14.9. The molecule has 17 atom stereocenters. The summed E-state index contributed by atoms with van der Waals surface area (Å²) < 4.78 is 34.1. The first kappa shape index (κ1) is 73.2. The van der Waals surface area contributed by atoms with E-state index in [0.717, 1.165) is 103 Å². The van der Waals surface area contributed by atoms with Crippen molar-refractivity contribution in [2.75, 3.05) is 26.4 Å². The molecule has 0 spiro atoms. The van der Waals surface area contributed by atoms with Crippen LogP contribution in [0.25, 0.3) is 0 Å². The summed E-state index contributed by atoms with van der Waals surface area (Å²) in [5, 5.41) is 120. The van der Waals surface area contributed by atoms with Crippen LogP contribution in [0.5, 0.6) is 0 Å². The van der Waals surface area contributed by atoms with E-state index in [1.165, 1.54) is 44.9 Å². The van der Waals surface area contributed by atoms with Crippen LogP contribution in [0.15, 0.2) is 85.1 Å². The van der Waals surface area contributed by atoms with Gasteiger partial charge < -0.3 is 89.9 Å². The van der Waals surface area contributed by atoms with Gasteiger partial charge in [0.05, 0.1) is 38.6 Å². The number of aliphatic hydroxyl groups excluding tert-OH is 11. The molecule has 0 bridgehead atoms. The van der Waals surface area contributed by atoms with Gasteiger partial charge in [0.15, 0.2) is 18.9 Å². The van der Waals surface area contributed by atoms with E-state index in [1.54, 1.807) is 6.08 Å². The van der Waals surface area contributed by atoms with Gasteiger partial charge in [0.2, 0.25) is 5.91 Å². The highest BCUT2D eigenvalue weighted by atomic mass is 16.8. The quantitative estimate of drug-likeness (QED) is 0.0247. The molecule has 12 N–H and O–H groups in total. The van der Waals surface area contributed by atoms with E-state index < -0.39 is 124 Å². The van der Waals surface area contributed by atoms with Crippen LogP contribution in [0, 0.1) is 0 Å². The van der Waals surface area contributed by atoms with Crippen molar-refractivity contribution in [1.29, 1.82) is 0 Å². The second-order valence-corrected chi connectivity index (χ2v) is 21.8. The largest absolute Gasteiger partial charge is 0.394 e. The Morgan fingerprint density at radius 1 is 0.451 bits per heavy atom. The van der Waals surface area contributed by atoms with Crippen LogP contribution in [0.1, 0.15) is 174 Å². The SMILES string of the molecule is CC/C=C\C/C=C\C/C=C\C/C=C\C/C=C\C/C=C\CCCCCCCCCCCCCCC(=O)NC(COC1OC(CO)C(OC2OC(CO)C(OC3OC(CO)C(O)C(O)C3O)C(O)C2O)C(O)C1O)C(O)/C=C/CCCCCC. The van der Waals surface area contributed by atoms with Gasteiger partial charge in [-0.15, -0.1) is 0 Å². The zero-order chi connectivity index (χ0) is 59.7. The van der Waals surface area contributed by atoms with Gasteiger partial charge in [-0.05, 0) is 70.6 Å². The predicted octanol–water partition coefficient (Wildman–Crippen LogP) is 5.98. The molecule has 3 saturated heterocycles. The molecular weight excluding hydrogens is 1060 g/mol. The van der Waals surface area contributed by atoms with Crippen molar-refractivity contribution in [2.45, 2.75) is 279 Å². The number of amides is 1. The minimum Gasteiger partial charge on any atom is -0.394 e. The zero-order valence-electron chi connectivity index (χ0n) is 49.2. The number of hydrogen-bond acceptors (Lipinski definition) is 18. The van der Waals surface area contributed by atoms with Crippen LogP contribution >= 0.6 is 0 Å². The van der Waals surface area contributed by atoms with Crippen molar-refractivity contribution in [3.8, 4) is 0 Å². The van der Waals surface area contributed by atoms with Gasteiger partial charge in [-0.1, -0.05) is 182 Å². The van der Waals surface area contributed by atoms with Crippen molar-refractivity contribution >= 4 is 5.91 Å². The van der Waals surface area contributed by atoms with Gasteiger partial charge in [0, 0.05) is 6.42 Å². The molecule has 3 fully saturated rings. The smallest absolute Gasteiger partial charge is 0.220 e. The maximum absolute atomic E-state index is 13.2. The molecule has 0 radical (unpaired) electrons. The Labute approximate surface area is 489 Å². The first-order chi connectivity index (χ1) is 39.8. The van der Waals surface area contributed by atoms with Crippen molar-refractivity contribution in [3.63, 3.8) is 0 Å². The van der Waals surface area contributed by atoms with E-state index in [-0.39, 0.29) is 18.9 Å². The van der Waals surface area contributed by atoms with Crippen LogP contribution in [-0.2, 0) is 33.2 Å². The van der Waals surface area contributed by atoms with Crippen molar-refractivity contribution in [1.82, 2.24) is 5.32 Å². The van der Waals surface area contributed by atoms with E-state index >= 15 is 0 Å². The molecule has 0 saturated carbocycles. The number of hydrogen-bond donors (Lipinski definition) is 12. The number of allylic oxidation sites excluding steroid dienone is 13. The molecule has 82 heavy (non-hydrogen) atoms. The van der Waals surface area contributed by atoms with Gasteiger partial charge in [-0.2, -0.15) is 0 Å². The van der Waals surface area contributed by atoms with E-state index in [1.807, 2.05) is 6.08 Å². The minimum absolute atomic E-state index is 0.235. The molecule has 0 aliphatic carbocycles. The predicted molar refractivity (Wildman–Crippen MR) is 314 cm³/mol. The van der Waals surface area contributed by atoms with Crippen molar-refractivity contribution in [3.05, 3.63) is 85.1 Å². The Balaban J connectivity index is 1.34. The summed E-state index contributed by atoms with van der Waals surface area (Å²) in [6.07, 6.45) is 29.2. The molecule has 3 rings (SSSR count). The summed E-state index contributed by atoms with van der Waals surface area (Å²) in [4.78, 5) is 13.2. The Bertz CT molecular complexity index is 1820. The minimum atomic E-state index is -1.98. The van der Waals surface area contributed by atoms with E-state index in [4.69, 9.17) is 28.4 Å². The second-order valence-electron chi connectivity index (χ2n) is 21.8. The fourth-order valence-corrected chi connectivity index (χ4v) is 9.90. The molecular formula is C63H107NO18. The molecule has 3 aliphatic rings. The van der Waals surface area contributed by atoms with Crippen molar-refractivity contribution < 1.29 is 89.4 Å². The standard InChI is InChI=1S/C63H107NO18/c1-3-5-7-9-11-12-13-14-15-16-17-18-19-20-21-22-23-24-25-26-27-28-29-30-31-32-33-34-35-37-39-41-51(69)64-46(47(68)40-38-36-10-8-6-4-2)45-77-61-57(75)54(72)59(49(43-66)79-61)82-63-58(76)55(73)60(50(44-67)80-63)81-62-56(74)53(71)52(70)48(42-65)78-62/h5,7,11-12,14-15,17-18,20-21,23-24,38,40,46-50,52-63,65-68,70-76H,3-4,6,8-10,13,16,19,22,25-37,39,41-45H2,1-2H3,(H,64,69)/b7-5-,12-11-,15-14-,18-17-,21-20-,24-23-,40-38+. The molecule has 0 aromatic heterocycles. The van der Waals surface area contributed by atoms with Crippen LogP contribution in [0.4, 0.5) is 0 Å².